The van der Waals surface area contributed by atoms with E-state index < -0.39 is 0 Å². The highest BCUT2D eigenvalue weighted by molar-refractivity contribution is 6.29. The number of nitrogens with zero attached hydrogens (tertiary/aromatic N) is 1. The minimum atomic E-state index is 0.0692. The molecule has 0 aromatic carbocycles. The van der Waals surface area contributed by atoms with Crippen LogP contribution in [0.25, 0.3) is 0 Å². The van der Waals surface area contributed by atoms with E-state index in [2.05, 4.69) is 17.2 Å². The second kappa shape index (κ2) is 4.83. The van der Waals surface area contributed by atoms with Crippen molar-refractivity contribution in [2.45, 2.75) is 26.2 Å². The average molecular weight is 239 g/mol. The van der Waals surface area contributed by atoms with Crippen LogP contribution in [-0.2, 0) is 4.79 Å². The van der Waals surface area contributed by atoms with E-state index in [1.54, 1.807) is 18.2 Å². The molecule has 86 valence electrons. The van der Waals surface area contributed by atoms with Crippen molar-refractivity contribution in [1.29, 1.82) is 0 Å². The summed E-state index contributed by atoms with van der Waals surface area (Å²) < 4.78 is 0. The van der Waals surface area contributed by atoms with Gasteiger partial charge in [0.15, 0.2) is 0 Å². The van der Waals surface area contributed by atoms with Gasteiger partial charge >= 0.3 is 0 Å². The maximum Gasteiger partial charge on any atom is 0.228 e. The quantitative estimate of drug-likeness (QED) is 0.805. The Kier molecular flexibility index (Phi) is 3.44. The summed E-state index contributed by atoms with van der Waals surface area (Å²) in [6, 6.07) is 5.22. The number of carbonyl (C=O) groups is 1. The van der Waals surface area contributed by atoms with Gasteiger partial charge in [0.25, 0.3) is 0 Å². The molecule has 3 nitrogen and oxygen atoms in total. The van der Waals surface area contributed by atoms with Crippen LogP contribution in [0.1, 0.15) is 26.2 Å². The van der Waals surface area contributed by atoms with E-state index in [4.69, 9.17) is 11.6 Å². The van der Waals surface area contributed by atoms with Crippen LogP contribution in [-0.4, -0.2) is 10.9 Å². The molecule has 1 N–H and O–H groups in total. The van der Waals surface area contributed by atoms with Crippen LogP contribution in [0.5, 0.6) is 0 Å². The van der Waals surface area contributed by atoms with Crippen LogP contribution in [0, 0.1) is 11.8 Å². The Bertz CT molecular complexity index is 394. The van der Waals surface area contributed by atoms with Crippen molar-refractivity contribution < 1.29 is 4.79 Å². The van der Waals surface area contributed by atoms with E-state index in [1.165, 1.54) is 0 Å². The first-order valence-electron chi connectivity index (χ1n) is 5.60. The molecular weight excluding hydrogens is 224 g/mol. The lowest BCUT2D eigenvalue weighted by molar-refractivity contribution is -0.120. The van der Waals surface area contributed by atoms with Crippen molar-refractivity contribution in [3.8, 4) is 0 Å². The summed E-state index contributed by atoms with van der Waals surface area (Å²) in [4.78, 5) is 16.0. The zero-order valence-electron chi connectivity index (χ0n) is 9.24. The SMILES string of the molecule is CC1CCCC1C(=O)Nc1cccc(Cl)n1. The van der Waals surface area contributed by atoms with Crippen LogP contribution in [0.2, 0.25) is 5.15 Å². The lowest BCUT2D eigenvalue weighted by Crippen LogP contribution is -2.24. The summed E-state index contributed by atoms with van der Waals surface area (Å²) in [6.45, 7) is 2.13. The van der Waals surface area contributed by atoms with Crippen molar-refractivity contribution in [1.82, 2.24) is 4.98 Å². The van der Waals surface area contributed by atoms with E-state index in [9.17, 15) is 4.79 Å². The molecule has 1 aliphatic carbocycles. The Morgan fingerprint density at radius 2 is 2.31 bits per heavy atom. The molecule has 4 heteroatoms. The van der Waals surface area contributed by atoms with Gasteiger partial charge in [0.1, 0.15) is 11.0 Å². The second-order valence-corrected chi connectivity index (χ2v) is 4.74. The molecule has 2 atom stereocenters. The number of hydrogen-bond acceptors (Lipinski definition) is 2. The standard InChI is InChI=1S/C12H15ClN2O/c1-8-4-2-5-9(8)12(16)15-11-7-3-6-10(13)14-11/h3,6-9H,2,4-5H2,1H3,(H,14,15,16). The van der Waals surface area contributed by atoms with Gasteiger partial charge in [0, 0.05) is 5.92 Å². The Morgan fingerprint density at radius 1 is 1.50 bits per heavy atom. The third-order valence-corrected chi connectivity index (χ3v) is 3.38. The van der Waals surface area contributed by atoms with Gasteiger partial charge in [-0.1, -0.05) is 31.0 Å². The van der Waals surface area contributed by atoms with Crippen LogP contribution >= 0.6 is 11.6 Å². The monoisotopic (exact) mass is 238 g/mol. The van der Waals surface area contributed by atoms with Crippen molar-refractivity contribution in [2.24, 2.45) is 11.8 Å². The molecule has 1 aliphatic rings. The summed E-state index contributed by atoms with van der Waals surface area (Å²) in [5.74, 6) is 1.20. The van der Waals surface area contributed by atoms with Crippen molar-refractivity contribution in [2.75, 3.05) is 5.32 Å². The number of carbonyl (C=O) groups excluding carboxylic acids is 1. The molecule has 1 heterocycles. The van der Waals surface area contributed by atoms with Gasteiger partial charge in [0.2, 0.25) is 5.91 Å². The van der Waals surface area contributed by atoms with Crippen LogP contribution in [0.15, 0.2) is 18.2 Å². The lowest BCUT2D eigenvalue weighted by atomic mass is 9.97. The number of nitrogens with one attached hydrogen (secondary N) is 1. The Labute approximate surface area is 100 Å². The first-order valence-corrected chi connectivity index (χ1v) is 5.98. The van der Waals surface area contributed by atoms with Gasteiger partial charge in [-0.15, -0.1) is 0 Å². The zero-order chi connectivity index (χ0) is 11.5. The predicted octanol–water partition coefficient (Wildman–Crippen LogP) is 3.11. The third kappa shape index (κ3) is 2.53. The van der Waals surface area contributed by atoms with E-state index >= 15 is 0 Å². The van der Waals surface area contributed by atoms with Crippen LogP contribution in [0.4, 0.5) is 5.82 Å². The number of anilines is 1. The van der Waals surface area contributed by atoms with Gasteiger partial charge in [-0.05, 0) is 30.9 Å². The number of pyridine rings is 1. The highest BCUT2D eigenvalue weighted by Crippen LogP contribution is 2.31. The van der Waals surface area contributed by atoms with Gasteiger partial charge in [-0.25, -0.2) is 4.98 Å². The molecule has 2 unspecified atom stereocenters. The third-order valence-electron chi connectivity index (χ3n) is 3.16. The fourth-order valence-corrected chi connectivity index (χ4v) is 2.40. The topological polar surface area (TPSA) is 42.0 Å². The van der Waals surface area contributed by atoms with Gasteiger partial charge in [-0.3, -0.25) is 4.79 Å². The predicted molar refractivity (Wildman–Crippen MR) is 64.4 cm³/mol. The van der Waals surface area contributed by atoms with Gasteiger partial charge < -0.3 is 5.32 Å². The maximum absolute atomic E-state index is 11.9. The molecule has 0 aliphatic heterocycles. The molecule has 0 radical (unpaired) electrons. The fraction of sp³-hybridized carbons (Fsp3) is 0.500. The number of hydrogen-bond donors (Lipinski definition) is 1. The van der Waals surface area contributed by atoms with Gasteiger partial charge in [0.05, 0.1) is 0 Å². The van der Waals surface area contributed by atoms with E-state index in [0.29, 0.717) is 16.9 Å². The Morgan fingerprint density at radius 3 is 2.94 bits per heavy atom. The molecule has 0 saturated heterocycles. The molecule has 1 aromatic rings. The summed E-state index contributed by atoms with van der Waals surface area (Å²) in [5, 5.41) is 3.22. The Hall–Kier alpha value is -1.09. The molecule has 0 spiro atoms. The van der Waals surface area contributed by atoms with E-state index in [-0.39, 0.29) is 11.8 Å². The largest absolute Gasteiger partial charge is 0.310 e. The zero-order valence-corrected chi connectivity index (χ0v) is 10.00. The number of aromatic nitrogens is 1. The van der Waals surface area contributed by atoms with Crippen LogP contribution < -0.4 is 5.32 Å². The van der Waals surface area contributed by atoms with E-state index in [1.807, 2.05) is 0 Å². The van der Waals surface area contributed by atoms with E-state index in [0.717, 1.165) is 19.3 Å². The summed E-state index contributed by atoms with van der Waals surface area (Å²) in [6.07, 6.45) is 3.26. The maximum atomic E-state index is 11.9. The fourth-order valence-electron chi connectivity index (χ4n) is 2.23. The highest BCUT2D eigenvalue weighted by atomic mass is 35.5. The summed E-state index contributed by atoms with van der Waals surface area (Å²) in [5.41, 5.74) is 0. The molecule has 1 aromatic heterocycles. The molecule has 1 amide bonds. The number of amides is 1. The molecule has 0 bridgehead atoms. The lowest BCUT2D eigenvalue weighted by Gasteiger charge is -2.14. The van der Waals surface area contributed by atoms with Gasteiger partial charge in [-0.2, -0.15) is 0 Å². The molecule has 1 saturated carbocycles. The molecule has 2 rings (SSSR count). The molecule has 1 fully saturated rings. The normalized spacial score (nSPS) is 24.4. The Balaban J connectivity index is 2.02. The molecule has 16 heavy (non-hydrogen) atoms. The van der Waals surface area contributed by atoms with Crippen LogP contribution in [0.3, 0.4) is 0 Å². The molecular formula is C12H15ClN2O. The van der Waals surface area contributed by atoms with Crippen molar-refractivity contribution >= 4 is 23.3 Å². The summed E-state index contributed by atoms with van der Waals surface area (Å²) >= 11 is 5.75. The summed E-state index contributed by atoms with van der Waals surface area (Å²) in [7, 11) is 0. The number of halogens is 1. The smallest absolute Gasteiger partial charge is 0.228 e. The number of rotatable bonds is 2. The second-order valence-electron chi connectivity index (χ2n) is 4.35. The van der Waals surface area contributed by atoms with Crippen molar-refractivity contribution in [3.05, 3.63) is 23.4 Å². The highest BCUT2D eigenvalue weighted by Gasteiger charge is 2.29. The first kappa shape index (κ1) is 11.4. The minimum absolute atomic E-state index is 0.0692. The first-order chi connectivity index (χ1) is 7.66. The minimum Gasteiger partial charge on any atom is -0.310 e. The average Bonchev–Trinajstić information content (AvgIpc) is 2.64. The van der Waals surface area contributed by atoms with Crippen molar-refractivity contribution in [3.63, 3.8) is 0 Å².